The minimum atomic E-state index is -1.07. The zero-order chi connectivity index (χ0) is 22.1. The number of aromatic nitrogens is 2. The SMILES string of the molecule is Cc1nnc(Cl)c(-c2c(F)cc(F)cc2F)c1-c1ccc(Sc2ccc(Cl)cc2)cc1. The lowest BCUT2D eigenvalue weighted by atomic mass is 9.94. The van der Waals surface area contributed by atoms with Crippen LogP contribution in [0.1, 0.15) is 5.69 Å². The quantitative estimate of drug-likeness (QED) is 0.298. The molecule has 0 radical (unpaired) electrons. The summed E-state index contributed by atoms with van der Waals surface area (Å²) in [7, 11) is 0. The molecule has 4 rings (SSSR count). The zero-order valence-corrected chi connectivity index (χ0v) is 18.3. The summed E-state index contributed by atoms with van der Waals surface area (Å²) in [5, 5.41) is 8.28. The van der Waals surface area contributed by atoms with Gasteiger partial charge in [-0.1, -0.05) is 47.1 Å². The van der Waals surface area contributed by atoms with E-state index in [1.807, 2.05) is 36.4 Å². The van der Waals surface area contributed by atoms with Crippen LogP contribution in [0.2, 0.25) is 10.2 Å². The number of hydrogen-bond donors (Lipinski definition) is 0. The van der Waals surface area contributed by atoms with Crippen molar-refractivity contribution in [1.29, 1.82) is 0 Å². The monoisotopic (exact) mass is 476 g/mol. The molecule has 0 aliphatic carbocycles. The van der Waals surface area contributed by atoms with E-state index in [1.54, 1.807) is 30.8 Å². The first-order chi connectivity index (χ1) is 14.8. The lowest BCUT2D eigenvalue weighted by molar-refractivity contribution is 0.548. The molecule has 0 amide bonds. The van der Waals surface area contributed by atoms with Gasteiger partial charge in [0.15, 0.2) is 5.15 Å². The number of hydrogen-bond acceptors (Lipinski definition) is 3. The summed E-state index contributed by atoms with van der Waals surface area (Å²) in [5.74, 6) is -3.15. The third kappa shape index (κ3) is 4.56. The van der Waals surface area contributed by atoms with Gasteiger partial charge in [0, 0.05) is 38.1 Å². The Bertz CT molecular complexity index is 1240. The molecule has 0 aliphatic heterocycles. The van der Waals surface area contributed by atoms with Crippen molar-refractivity contribution < 1.29 is 13.2 Å². The third-order valence-electron chi connectivity index (χ3n) is 4.56. The summed E-state index contributed by atoms with van der Waals surface area (Å²) >= 11 is 13.7. The van der Waals surface area contributed by atoms with E-state index >= 15 is 0 Å². The van der Waals surface area contributed by atoms with Gasteiger partial charge in [-0.2, -0.15) is 5.10 Å². The summed E-state index contributed by atoms with van der Waals surface area (Å²) in [6.07, 6.45) is 0. The van der Waals surface area contributed by atoms with Gasteiger partial charge in [-0.3, -0.25) is 0 Å². The minimum absolute atomic E-state index is 0.0299. The first-order valence-corrected chi connectivity index (χ1v) is 10.6. The molecule has 4 aromatic rings. The van der Waals surface area contributed by atoms with Crippen molar-refractivity contribution in [1.82, 2.24) is 10.2 Å². The van der Waals surface area contributed by atoms with E-state index in [2.05, 4.69) is 10.2 Å². The first kappa shape index (κ1) is 21.7. The van der Waals surface area contributed by atoms with E-state index < -0.39 is 23.0 Å². The van der Waals surface area contributed by atoms with Crippen LogP contribution >= 0.6 is 35.0 Å². The number of nitrogens with zero attached hydrogens (tertiary/aromatic N) is 2. The number of benzene rings is 3. The van der Waals surface area contributed by atoms with Crippen LogP contribution in [-0.2, 0) is 0 Å². The predicted molar refractivity (Wildman–Crippen MR) is 118 cm³/mol. The molecule has 0 fully saturated rings. The summed E-state index contributed by atoms with van der Waals surface area (Å²) in [6.45, 7) is 1.66. The molecule has 31 heavy (non-hydrogen) atoms. The average molecular weight is 477 g/mol. The Labute approximate surface area is 191 Å². The summed E-state index contributed by atoms with van der Waals surface area (Å²) in [4.78, 5) is 1.97. The second-order valence-electron chi connectivity index (χ2n) is 6.65. The topological polar surface area (TPSA) is 25.8 Å². The van der Waals surface area contributed by atoms with E-state index in [-0.39, 0.29) is 10.7 Å². The zero-order valence-electron chi connectivity index (χ0n) is 16.0. The summed E-state index contributed by atoms with van der Waals surface area (Å²) in [6, 6.07) is 16.0. The fourth-order valence-corrected chi connectivity index (χ4v) is 4.36. The van der Waals surface area contributed by atoms with Crippen LogP contribution in [0.25, 0.3) is 22.3 Å². The maximum Gasteiger partial charge on any atom is 0.160 e. The van der Waals surface area contributed by atoms with Crippen molar-refractivity contribution in [2.45, 2.75) is 16.7 Å². The molecule has 0 bridgehead atoms. The molecule has 1 aromatic heterocycles. The fraction of sp³-hybridized carbons (Fsp3) is 0.0435. The maximum absolute atomic E-state index is 14.5. The normalized spacial score (nSPS) is 11.0. The molecular formula is C23H13Cl2F3N2S. The van der Waals surface area contributed by atoms with Gasteiger partial charge in [0.2, 0.25) is 0 Å². The van der Waals surface area contributed by atoms with Gasteiger partial charge in [-0.25, -0.2) is 13.2 Å². The smallest absolute Gasteiger partial charge is 0.160 e. The number of halogens is 5. The highest BCUT2D eigenvalue weighted by Gasteiger charge is 2.23. The van der Waals surface area contributed by atoms with Crippen LogP contribution in [0, 0.1) is 24.4 Å². The molecule has 8 heteroatoms. The fourth-order valence-electron chi connectivity index (χ4n) is 3.19. The Hall–Kier alpha value is -2.54. The average Bonchev–Trinajstić information content (AvgIpc) is 2.72. The molecule has 2 nitrogen and oxygen atoms in total. The van der Waals surface area contributed by atoms with Gasteiger partial charge in [0.05, 0.1) is 11.3 Å². The van der Waals surface area contributed by atoms with Crippen molar-refractivity contribution in [3.8, 4) is 22.3 Å². The standard InChI is InChI=1S/C23H13Cl2F3N2S/c1-12-20(13-2-6-16(7-3-13)31-17-8-4-14(24)5-9-17)22(23(25)30-29-12)21-18(27)10-15(26)11-19(21)28/h2-11H,1H3. The van der Waals surface area contributed by atoms with Crippen molar-refractivity contribution in [2.24, 2.45) is 0 Å². The lowest BCUT2D eigenvalue weighted by Crippen LogP contribution is -2.01. The van der Waals surface area contributed by atoms with Crippen molar-refractivity contribution in [3.05, 3.63) is 94.0 Å². The molecular weight excluding hydrogens is 464 g/mol. The van der Waals surface area contributed by atoms with Gasteiger partial charge in [0.1, 0.15) is 17.5 Å². The molecule has 0 spiro atoms. The van der Waals surface area contributed by atoms with E-state index in [0.717, 1.165) is 9.79 Å². The highest BCUT2D eigenvalue weighted by atomic mass is 35.5. The molecule has 0 unspecified atom stereocenters. The Morgan fingerprint density at radius 3 is 1.84 bits per heavy atom. The lowest BCUT2D eigenvalue weighted by Gasteiger charge is -2.15. The Kier molecular flexibility index (Phi) is 6.23. The largest absolute Gasteiger partial charge is 0.207 e. The second kappa shape index (κ2) is 8.91. The molecule has 3 aromatic carbocycles. The van der Waals surface area contributed by atoms with Crippen LogP contribution in [0.3, 0.4) is 0 Å². The van der Waals surface area contributed by atoms with Crippen molar-refractivity contribution >= 4 is 35.0 Å². The van der Waals surface area contributed by atoms with Crippen LogP contribution in [0.15, 0.2) is 70.5 Å². The molecule has 0 N–H and O–H groups in total. The van der Waals surface area contributed by atoms with Crippen LogP contribution < -0.4 is 0 Å². The molecule has 0 saturated carbocycles. The first-order valence-electron chi connectivity index (χ1n) is 9.05. The van der Waals surface area contributed by atoms with Crippen LogP contribution in [0.5, 0.6) is 0 Å². The van der Waals surface area contributed by atoms with E-state index in [0.29, 0.717) is 34.0 Å². The van der Waals surface area contributed by atoms with Crippen LogP contribution in [0.4, 0.5) is 13.2 Å². The Morgan fingerprint density at radius 1 is 0.710 bits per heavy atom. The maximum atomic E-state index is 14.5. The van der Waals surface area contributed by atoms with Gasteiger partial charge in [-0.15, -0.1) is 5.10 Å². The van der Waals surface area contributed by atoms with E-state index in [4.69, 9.17) is 23.2 Å². The minimum Gasteiger partial charge on any atom is -0.207 e. The Balaban J connectivity index is 1.79. The van der Waals surface area contributed by atoms with E-state index in [1.165, 1.54) is 0 Å². The second-order valence-corrected chi connectivity index (χ2v) is 8.59. The number of rotatable bonds is 4. The van der Waals surface area contributed by atoms with Gasteiger partial charge < -0.3 is 0 Å². The highest BCUT2D eigenvalue weighted by molar-refractivity contribution is 7.99. The number of aryl methyl sites for hydroxylation is 1. The van der Waals surface area contributed by atoms with Gasteiger partial charge in [-0.05, 0) is 48.9 Å². The molecule has 0 atom stereocenters. The predicted octanol–water partition coefficient (Wildman–Crippen LogP) is 7.99. The van der Waals surface area contributed by atoms with Crippen molar-refractivity contribution in [2.75, 3.05) is 0 Å². The summed E-state index contributed by atoms with van der Waals surface area (Å²) < 4.78 is 42.5. The third-order valence-corrected chi connectivity index (χ3v) is 6.09. The van der Waals surface area contributed by atoms with E-state index in [9.17, 15) is 13.2 Å². The van der Waals surface area contributed by atoms with Gasteiger partial charge >= 0.3 is 0 Å². The van der Waals surface area contributed by atoms with Crippen molar-refractivity contribution in [3.63, 3.8) is 0 Å². The van der Waals surface area contributed by atoms with Gasteiger partial charge in [0.25, 0.3) is 0 Å². The molecule has 0 saturated heterocycles. The highest BCUT2D eigenvalue weighted by Crippen LogP contribution is 2.41. The van der Waals surface area contributed by atoms with Crippen LogP contribution in [-0.4, -0.2) is 10.2 Å². The molecule has 156 valence electrons. The molecule has 0 aliphatic rings. The Morgan fingerprint density at radius 2 is 1.26 bits per heavy atom. The summed E-state index contributed by atoms with van der Waals surface area (Å²) in [5.41, 5.74) is 1.09. The molecule has 1 heterocycles.